The fourth-order valence-electron chi connectivity index (χ4n) is 2.10. The molecule has 0 saturated heterocycles. The molecule has 0 saturated carbocycles. The first-order chi connectivity index (χ1) is 9.58. The van der Waals surface area contributed by atoms with Crippen LogP contribution in [0.3, 0.4) is 0 Å². The van der Waals surface area contributed by atoms with Crippen LogP contribution in [-0.2, 0) is 13.1 Å². The number of aromatic nitrogens is 2. The number of halogens is 1. The molecule has 0 aliphatic heterocycles. The molecule has 0 fully saturated rings. The maximum atomic E-state index is 5.23. The highest BCUT2D eigenvalue weighted by Crippen LogP contribution is 2.15. The van der Waals surface area contributed by atoms with E-state index < -0.39 is 0 Å². The maximum absolute atomic E-state index is 5.23. The predicted molar refractivity (Wildman–Crippen MR) is 89.4 cm³/mol. The summed E-state index contributed by atoms with van der Waals surface area (Å²) in [5.41, 5.74) is 2.37. The Hall–Kier alpha value is -1.68. The van der Waals surface area contributed by atoms with E-state index in [4.69, 9.17) is 4.74 Å². The van der Waals surface area contributed by atoms with Crippen molar-refractivity contribution in [2.75, 3.05) is 12.4 Å². The van der Waals surface area contributed by atoms with E-state index in [0.29, 0.717) is 5.92 Å². The zero-order valence-electron chi connectivity index (χ0n) is 13.1. The number of nitrogens with one attached hydrogen (secondary N) is 1. The number of ether oxygens (including phenoxy) is 1. The molecule has 1 N–H and O–H groups in total. The molecule has 116 valence electrons. The van der Waals surface area contributed by atoms with Crippen molar-refractivity contribution < 1.29 is 4.74 Å². The minimum absolute atomic E-state index is 0. The van der Waals surface area contributed by atoms with Gasteiger partial charge in [-0.1, -0.05) is 26.0 Å². The Morgan fingerprint density at radius 2 is 2.05 bits per heavy atom. The summed E-state index contributed by atoms with van der Waals surface area (Å²) < 4.78 is 7.28. The lowest BCUT2D eigenvalue weighted by atomic mass is 10.2. The SMILES string of the molecule is COc1cccc(CNc2cc(C)n(CC(C)C)n2)c1.Cl. The lowest BCUT2D eigenvalue weighted by Gasteiger charge is -2.07. The van der Waals surface area contributed by atoms with Crippen molar-refractivity contribution in [2.45, 2.75) is 33.9 Å². The summed E-state index contributed by atoms with van der Waals surface area (Å²) in [5.74, 6) is 2.40. The third-order valence-corrected chi connectivity index (χ3v) is 3.13. The molecule has 1 aromatic carbocycles. The Balaban J connectivity index is 0.00000220. The van der Waals surface area contributed by atoms with Gasteiger partial charge in [-0.25, -0.2) is 0 Å². The lowest BCUT2D eigenvalue weighted by Crippen LogP contribution is -2.08. The average molecular weight is 310 g/mol. The van der Waals surface area contributed by atoms with Crippen LogP contribution in [0, 0.1) is 12.8 Å². The number of rotatable bonds is 6. The molecule has 1 aromatic heterocycles. The van der Waals surface area contributed by atoms with Crippen molar-refractivity contribution in [2.24, 2.45) is 5.92 Å². The molecule has 0 bridgehead atoms. The number of benzene rings is 1. The first-order valence-corrected chi connectivity index (χ1v) is 6.99. The summed E-state index contributed by atoms with van der Waals surface area (Å²) in [5, 5.41) is 7.94. The topological polar surface area (TPSA) is 39.1 Å². The van der Waals surface area contributed by atoms with Gasteiger partial charge in [-0.05, 0) is 30.5 Å². The van der Waals surface area contributed by atoms with Crippen LogP contribution >= 0.6 is 12.4 Å². The van der Waals surface area contributed by atoms with Gasteiger partial charge in [-0.15, -0.1) is 12.4 Å². The highest BCUT2D eigenvalue weighted by Gasteiger charge is 2.05. The van der Waals surface area contributed by atoms with Gasteiger partial charge in [0, 0.05) is 24.8 Å². The van der Waals surface area contributed by atoms with E-state index in [0.717, 1.165) is 24.7 Å². The molecule has 0 aliphatic carbocycles. The summed E-state index contributed by atoms with van der Waals surface area (Å²) >= 11 is 0. The monoisotopic (exact) mass is 309 g/mol. The van der Waals surface area contributed by atoms with Crippen LogP contribution < -0.4 is 10.1 Å². The molecule has 2 aromatic rings. The summed E-state index contributed by atoms with van der Waals surface area (Å²) in [6.45, 7) is 8.18. The summed E-state index contributed by atoms with van der Waals surface area (Å²) in [4.78, 5) is 0. The van der Waals surface area contributed by atoms with Crippen molar-refractivity contribution in [3.8, 4) is 5.75 Å². The van der Waals surface area contributed by atoms with Crippen molar-refractivity contribution in [3.63, 3.8) is 0 Å². The van der Waals surface area contributed by atoms with E-state index in [-0.39, 0.29) is 12.4 Å². The smallest absolute Gasteiger partial charge is 0.148 e. The number of nitrogens with zero attached hydrogens (tertiary/aromatic N) is 2. The van der Waals surface area contributed by atoms with Crippen LogP contribution in [0.5, 0.6) is 5.75 Å². The quantitative estimate of drug-likeness (QED) is 0.880. The first kappa shape index (κ1) is 17.4. The fraction of sp³-hybridized carbons (Fsp3) is 0.438. The van der Waals surface area contributed by atoms with Crippen LogP contribution in [0.4, 0.5) is 5.82 Å². The molecule has 5 heteroatoms. The molecule has 0 unspecified atom stereocenters. The second kappa shape index (κ2) is 7.93. The molecule has 0 radical (unpaired) electrons. The van der Waals surface area contributed by atoms with E-state index in [1.165, 1.54) is 11.3 Å². The number of hydrogen-bond donors (Lipinski definition) is 1. The standard InChI is InChI=1S/C16H23N3O.ClH/c1-12(2)11-19-13(3)8-16(18-19)17-10-14-6-5-7-15(9-14)20-4;/h5-9,12H,10-11H2,1-4H3,(H,17,18);1H. The van der Waals surface area contributed by atoms with Crippen LogP contribution in [0.25, 0.3) is 0 Å². The molecular weight excluding hydrogens is 286 g/mol. The van der Waals surface area contributed by atoms with Gasteiger partial charge in [0.05, 0.1) is 7.11 Å². The van der Waals surface area contributed by atoms with Crippen LogP contribution in [0.15, 0.2) is 30.3 Å². The second-order valence-electron chi connectivity index (χ2n) is 5.45. The number of hydrogen-bond acceptors (Lipinski definition) is 3. The lowest BCUT2D eigenvalue weighted by molar-refractivity contribution is 0.414. The number of aryl methyl sites for hydroxylation is 1. The van der Waals surface area contributed by atoms with Crippen LogP contribution in [0.1, 0.15) is 25.1 Å². The molecule has 1 heterocycles. The predicted octanol–water partition coefficient (Wildman–Crippen LogP) is 3.89. The van der Waals surface area contributed by atoms with E-state index in [9.17, 15) is 0 Å². The van der Waals surface area contributed by atoms with Crippen molar-refractivity contribution in [3.05, 3.63) is 41.6 Å². The van der Waals surface area contributed by atoms with E-state index in [1.807, 2.05) is 18.2 Å². The van der Waals surface area contributed by atoms with E-state index in [2.05, 4.69) is 48.0 Å². The van der Waals surface area contributed by atoms with Crippen LogP contribution in [-0.4, -0.2) is 16.9 Å². The molecular formula is C16H24ClN3O. The average Bonchev–Trinajstić information content (AvgIpc) is 2.76. The third kappa shape index (κ3) is 4.97. The van der Waals surface area contributed by atoms with E-state index >= 15 is 0 Å². The van der Waals surface area contributed by atoms with Gasteiger partial charge >= 0.3 is 0 Å². The van der Waals surface area contributed by atoms with Crippen LogP contribution in [0.2, 0.25) is 0 Å². The molecule has 0 aliphatic rings. The summed E-state index contributed by atoms with van der Waals surface area (Å²) in [7, 11) is 1.68. The van der Waals surface area contributed by atoms with Gasteiger partial charge in [-0.3, -0.25) is 4.68 Å². The van der Waals surface area contributed by atoms with Gasteiger partial charge in [0.25, 0.3) is 0 Å². The Bertz CT molecular complexity index is 566. The van der Waals surface area contributed by atoms with Gasteiger partial charge in [0.1, 0.15) is 11.6 Å². The maximum Gasteiger partial charge on any atom is 0.148 e. The number of methoxy groups -OCH3 is 1. The Kier molecular flexibility index (Phi) is 6.56. The fourth-order valence-corrected chi connectivity index (χ4v) is 2.10. The highest BCUT2D eigenvalue weighted by atomic mass is 35.5. The van der Waals surface area contributed by atoms with Gasteiger partial charge in [-0.2, -0.15) is 5.10 Å². The molecule has 2 rings (SSSR count). The van der Waals surface area contributed by atoms with Crippen molar-refractivity contribution in [1.29, 1.82) is 0 Å². The minimum atomic E-state index is 0. The Labute approximate surface area is 132 Å². The first-order valence-electron chi connectivity index (χ1n) is 6.99. The number of anilines is 1. The molecule has 0 spiro atoms. The zero-order valence-corrected chi connectivity index (χ0v) is 13.9. The molecule has 0 atom stereocenters. The Morgan fingerprint density at radius 1 is 1.29 bits per heavy atom. The zero-order chi connectivity index (χ0) is 14.5. The van der Waals surface area contributed by atoms with Crippen molar-refractivity contribution >= 4 is 18.2 Å². The normalized spacial score (nSPS) is 10.3. The second-order valence-corrected chi connectivity index (χ2v) is 5.45. The molecule has 0 amide bonds. The van der Waals surface area contributed by atoms with Gasteiger partial charge in [0.15, 0.2) is 0 Å². The molecule has 4 nitrogen and oxygen atoms in total. The third-order valence-electron chi connectivity index (χ3n) is 3.13. The van der Waals surface area contributed by atoms with E-state index in [1.54, 1.807) is 7.11 Å². The molecule has 21 heavy (non-hydrogen) atoms. The van der Waals surface area contributed by atoms with Gasteiger partial charge < -0.3 is 10.1 Å². The van der Waals surface area contributed by atoms with Crippen molar-refractivity contribution in [1.82, 2.24) is 9.78 Å². The summed E-state index contributed by atoms with van der Waals surface area (Å²) in [6.07, 6.45) is 0. The summed E-state index contributed by atoms with van der Waals surface area (Å²) in [6, 6.07) is 10.1. The minimum Gasteiger partial charge on any atom is -0.497 e. The van der Waals surface area contributed by atoms with Gasteiger partial charge in [0.2, 0.25) is 0 Å². The Morgan fingerprint density at radius 3 is 2.71 bits per heavy atom. The highest BCUT2D eigenvalue weighted by molar-refractivity contribution is 5.85. The largest absolute Gasteiger partial charge is 0.497 e.